The third kappa shape index (κ3) is 7.03. The van der Waals surface area contributed by atoms with E-state index in [0.717, 1.165) is 11.1 Å². The van der Waals surface area contributed by atoms with Gasteiger partial charge in [-0.25, -0.2) is 0 Å². The molecule has 0 unspecified atom stereocenters. The number of carbonyl (C=O) groups excluding carboxylic acids is 4. The topological polar surface area (TPSA) is 122 Å². The number of hydrogen-bond donors (Lipinski definition) is 3. The minimum absolute atomic E-state index is 0.259. The number of nitrogens with one attached hydrogen (secondary N) is 2. The van der Waals surface area contributed by atoms with Crippen molar-refractivity contribution in [1.82, 2.24) is 15.5 Å². The lowest BCUT2D eigenvalue weighted by atomic mass is 10.0. The quantitative estimate of drug-likeness (QED) is 0.496. The summed E-state index contributed by atoms with van der Waals surface area (Å²) in [5.74, 6) is -1.83. The largest absolute Gasteiger partial charge is 0.368 e. The molecule has 1 saturated heterocycles. The highest BCUT2D eigenvalue weighted by Crippen LogP contribution is 2.19. The maximum atomic E-state index is 13.2. The number of nitrogens with two attached hydrogens (primary N) is 1. The summed E-state index contributed by atoms with van der Waals surface area (Å²) < 4.78 is 0. The van der Waals surface area contributed by atoms with Crippen molar-refractivity contribution in [1.29, 1.82) is 0 Å². The number of primary amides is 1. The van der Waals surface area contributed by atoms with E-state index in [0.29, 0.717) is 19.4 Å². The predicted molar refractivity (Wildman–Crippen MR) is 124 cm³/mol. The third-order valence-electron chi connectivity index (χ3n) is 5.43. The maximum absolute atomic E-state index is 13.2. The van der Waals surface area contributed by atoms with Gasteiger partial charge in [0.1, 0.15) is 12.1 Å². The van der Waals surface area contributed by atoms with Crippen LogP contribution in [0, 0.1) is 0 Å². The summed E-state index contributed by atoms with van der Waals surface area (Å²) in [7, 11) is 0. The number of carbonyl (C=O) groups is 4. The second kappa shape index (κ2) is 11.6. The smallest absolute Gasteiger partial charge is 0.246 e. The van der Waals surface area contributed by atoms with Crippen molar-refractivity contribution < 1.29 is 19.2 Å². The molecule has 172 valence electrons. The van der Waals surface area contributed by atoms with Crippen LogP contribution in [-0.2, 0) is 25.6 Å². The second-order valence-electron chi connectivity index (χ2n) is 7.86. The molecule has 8 nitrogen and oxygen atoms in total. The Bertz CT molecular complexity index is 1010. The minimum atomic E-state index is -0.878. The van der Waals surface area contributed by atoms with Gasteiger partial charge in [0.05, 0.1) is 6.54 Å². The lowest BCUT2D eigenvalue weighted by Gasteiger charge is -2.28. The zero-order valence-corrected chi connectivity index (χ0v) is 18.3. The van der Waals surface area contributed by atoms with Crippen LogP contribution in [0.15, 0.2) is 66.7 Å². The summed E-state index contributed by atoms with van der Waals surface area (Å²) in [6.45, 7) is 0.129. The Morgan fingerprint density at radius 3 is 2.36 bits per heavy atom. The van der Waals surface area contributed by atoms with E-state index >= 15 is 0 Å². The molecule has 0 aliphatic carbocycles. The molecule has 0 spiro atoms. The SMILES string of the molecule is NC(=O)[C@H]1CCCN1C(=O)[C@H](Cc1ccccc1)NC(=O)CNC(=O)/C=C/c1ccccc1. The van der Waals surface area contributed by atoms with Crippen LogP contribution in [0.2, 0.25) is 0 Å². The molecule has 0 saturated carbocycles. The van der Waals surface area contributed by atoms with E-state index in [1.165, 1.54) is 11.0 Å². The van der Waals surface area contributed by atoms with Crippen LogP contribution >= 0.6 is 0 Å². The lowest BCUT2D eigenvalue weighted by Crippen LogP contribution is -2.54. The zero-order chi connectivity index (χ0) is 23.6. The highest BCUT2D eigenvalue weighted by molar-refractivity contribution is 5.96. The third-order valence-corrected chi connectivity index (χ3v) is 5.43. The van der Waals surface area contributed by atoms with Crippen molar-refractivity contribution in [3.05, 3.63) is 77.9 Å². The van der Waals surface area contributed by atoms with Crippen LogP contribution in [0.4, 0.5) is 0 Å². The van der Waals surface area contributed by atoms with Gasteiger partial charge >= 0.3 is 0 Å². The number of likely N-dealkylation sites (tertiary alicyclic amines) is 1. The first-order valence-electron chi connectivity index (χ1n) is 10.9. The molecule has 1 aliphatic rings. The zero-order valence-electron chi connectivity index (χ0n) is 18.3. The Labute approximate surface area is 192 Å². The minimum Gasteiger partial charge on any atom is -0.368 e. The van der Waals surface area contributed by atoms with Crippen molar-refractivity contribution in [2.75, 3.05) is 13.1 Å². The molecule has 4 amide bonds. The molecule has 0 bridgehead atoms. The van der Waals surface area contributed by atoms with Gasteiger partial charge in [0, 0.05) is 19.0 Å². The highest BCUT2D eigenvalue weighted by Gasteiger charge is 2.36. The Kier molecular flexibility index (Phi) is 8.35. The van der Waals surface area contributed by atoms with Crippen LogP contribution in [0.1, 0.15) is 24.0 Å². The summed E-state index contributed by atoms with van der Waals surface area (Å²) in [6.07, 6.45) is 4.44. The summed E-state index contributed by atoms with van der Waals surface area (Å²) in [4.78, 5) is 51.0. The average molecular weight is 449 g/mol. The summed E-state index contributed by atoms with van der Waals surface area (Å²) in [6, 6.07) is 17.0. The molecule has 3 rings (SSSR count). The van der Waals surface area contributed by atoms with E-state index in [-0.39, 0.29) is 18.9 Å². The fourth-order valence-corrected chi connectivity index (χ4v) is 3.78. The summed E-state index contributed by atoms with van der Waals surface area (Å²) >= 11 is 0. The van der Waals surface area contributed by atoms with Crippen molar-refractivity contribution in [2.45, 2.75) is 31.3 Å². The second-order valence-corrected chi connectivity index (χ2v) is 7.86. The molecular weight excluding hydrogens is 420 g/mol. The molecule has 0 radical (unpaired) electrons. The fraction of sp³-hybridized carbons (Fsp3) is 0.280. The fourth-order valence-electron chi connectivity index (χ4n) is 3.78. The number of nitrogens with zero attached hydrogens (tertiary/aromatic N) is 1. The predicted octanol–water partition coefficient (Wildman–Crippen LogP) is 1.02. The molecule has 2 aromatic carbocycles. The number of hydrogen-bond acceptors (Lipinski definition) is 4. The van der Waals surface area contributed by atoms with Gasteiger partial charge in [0.25, 0.3) is 0 Å². The van der Waals surface area contributed by atoms with Crippen LogP contribution < -0.4 is 16.4 Å². The number of rotatable bonds is 9. The van der Waals surface area contributed by atoms with E-state index in [1.807, 2.05) is 60.7 Å². The maximum Gasteiger partial charge on any atom is 0.246 e. The molecule has 1 heterocycles. The van der Waals surface area contributed by atoms with Gasteiger partial charge in [-0.1, -0.05) is 60.7 Å². The van der Waals surface area contributed by atoms with Crippen molar-refractivity contribution in [3.8, 4) is 0 Å². The molecule has 2 aromatic rings. The van der Waals surface area contributed by atoms with Gasteiger partial charge in [0.2, 0.25) is 23.6 Å². The Hall–Kier alpha value is -3.94. The molecule has 33 heavy (non-hydrogen) atoms. The summed E-state index contributed by atoms with van der Waals surface area (Å²) in [5, 5.41) is 5.23. The van der Waals surface area contributed by atoms with Gasteiger partial charge in [-0.3, -0.25) is 19.2 Å². The normalized spacial score (nSPS) is 16.4. The van der Waals surface area contributed by atoms with Crippen molar-refractivity contribution in [3.63, 3.8) is 0 Å². The molecule has 4 N–H and O–H groups in total. The average Bonchev–Trinajstić information content (AvgIpc) is 3.32. The van der Waals surface area contributed by atoms with Gasteiger partial charge in [-0.15, -0.1) is 0 Å². The van der Waals surface area contributed by atoms with Crippen LogP contribution in [-0.4, -0.2) is 53.7 Å². The van der Waals surface area contributed by atoms with Crippen LogP contribution in [0.5, 0.6) is 0 Å². The molecule has 1 fully saturated rings. The molecule has 2 atom stereocenters. The van der Waals surface area contributed by atoms with E-state index in [1.54, 1.807) is 6.08 Å². The molecule has 1 aliphatic heterocycles. The number of amides is 4. The lowest BCUT2D eigenvalue weighted by molar-refractivity contribution is -0.140. The molecule has 0 aromatic heterocycles. The van der Waals surface area contributed by atoms with E-state index in [9.17, 15) is 19.2 Å². The van der Waals surface area contributed by atoms with Crippen molar-refractivity contribution >= 4 is 29.7 Å². The number of benzene rings is 2. The highest BCUT2D eigenvalue weighted by atomic mass is 16.2. The van der Waals surface area contributed by atoms with E-state index in [2.05, 4.69) is 10.6 Å². The van der Waals surface area contributed by atoms with E-state index < -0.39 is 29.8 Å². The first-order valence-corrected chi connectivity index (χ1v) is 10.9. The Morgan fingerprint density at radius 2 is 1.70 bits per heavy atom. The standard InChI is InChI=1S/C25H28N4O4/c26-24(32)21-12-7-15-29(21)25(33)20(16-19-10-5-2-6-11-19)28-23(31)17-27-22(30)14-13-18-8-3-1-4-9-18/h1-6,8-11,13-14,20-21H,7,12,15-17H2,(H2,26,32)(H,27,30)(H,28,31)/b14-13+/t20-,21+/m0/s1. The first kappa shape index (κ1) is 23.7. The van der Waals surface area contributed by atoms with Crippen LogP contribution in [0.3, 0.4) is 0 Å². The van der Waals surface area contributed by atoms with Gasteiger partial charge in [-0.05, 0) is 30.0 Å². The Balaban J connectivity index is 1.62. The monoisotopic (exact) mass is 448 g/mol. The molecule has 8 heteroatoms. The van der Waals surface area contributed by atoms with E-state index in [4.69, 9.17) is 5.73 Å². The van der Waals surface area contributed by atoms with Crippen LogP contribution in [0.25, 0.3) is 6.08 Å². The summed E-state index contributed by atoms with van der Waals surface area (Å²) in [5.41, 5.74) is 7.18. The van der Waals surface area contributed by atoms with Gasteiger partial charge < -0.3 is 21.3 Å². The van der Waals surface area contributed by atoms with Gasteiger partial charge in [-0.2, -0.15) is 0 Å². The van der Waals surface area contributed by atoms with Gasteiger partial charge in [0.15, 0.2) is 0 Å². The molecular formula is C25H28N4O4. The first-order chi connectivity index (χ1) is 15.9. The van der Waals surface area contributed by atoms with Crippen molar-refractivity contribution in [2.24, 2.45) is 5.73 Å². The Morgan fingerprint density at radius 1 is 1.03 bits per heavy atom.